The minimum atomic E-state index is -1.51. The van der Waals surface area contributed by atoms with E-state index in [0.29, 0.717) is 12.0 Å². The second-order valence-corrected chi connectivity index (χ2v) is 6.41. The molecule has 112 valence electrons. The summed E-state index contributed by atoms with van der Waals surface area (Å²) in [4.78, 5) is 36.2. The van der Waals surface area contributed by atoms with Crippen molar-refractivity contribution in [1.82, 2.24) is 9.13 Å². The number of nitrogens with zero attached hydrogens (tertiary/aromatic N) is 2. The Balaban J connectivity index is 2.35. The number of aryl methyl sites for hydroxylation is 1. The van der Waals surface area contributed by atoms with Crippen LogP contribution < -0.4 is 11.2 Å². The molecule has 1 aromatic rings. The molecule has 1 aromatic heterocycles. The first kappa shape index (κ1) is 14.0. The molecule has 3 atom stereocenters. The molecule has 6 nitrogen and oxygen atoms in total. The molecule has 1 N–H and O–H groups in total. The first-order valence-corrected chi connectivity index (χ1v) is 6.86. The highest BCUT2D eigenvalue weighted by Gasteiger charge is 2.69. The minimum Gasteiger partial charge on any atom is -0.380 e. The molecular weight excluding hydrogens is 272 g/mol. The molecule has 0 aromatic carbocycles. The smallest absolute Gasteiger partial charge is 0.330 e. The van der Waals surface area contributed by atoms with Crippen LogP contribution in [0.25, 0.3) is 0 Å². The van der Waals surface area contributed by atoms with Crippen molar-refractivity contribution in [3.8, 4) is 0 Å². The summed E-state index contributed by atoms with van der Waals surface area (Å²) in [6.07, 6.45) is 3.35. The number of ketones is 1. The van der Waals surface area contributed by atoms with E-state index in [2.05, 4.69) is 0 Å². The molecule has 0 bridgehead atoms. The first-order chi connectivity index (χ1) is 9.64. The zero-order valence-electron chi connectivity index (χ0n) is 12.5. The Morgan fingerprint density at radius 2 is 1.90 bits per heavy atom. The van der Waals surface area contributed by atoms with Crippen LogP contribution in [-0.4, -0.2) is 20.0 Å². The van der Waals surface area contributed by atoms with Gasteiger partial charge in [0.2, 0.25) is 0 Å². The Bertz CT molecular complexity index is 816. The number of aliphatic hydroxyl groups is 1. The van der Waals surface area contributed by atoms with Gasteiger partial charge in [-0.15, -0.1) is 0 Å². The second-order valence-electron chi connectivity index (χ2n) is 6.41. The number of carbonyl (C=O) groups is 1. The fourth-order valence-electron chi connectivity index (χ4n) is 3.62. The predicted molar refractivity (Wildman–Crippen MR) is 75.8 cm³/mol. The summed E-state index contributed by atoms with van der Waals surface area (Å²) in [5.41, 5.74) is -2.54. The van der Waals surface area contributed by atoms with Crippen molar-refractivity contribution >= 4 is 5.78 Å². The van der Waals surface area contributed by atoms with E-state index in [-0.39, 0.29) is 17.3 Å². The van der Waals surface area contributed by atoms with Gasteiger partial charge in [-0.05, 0) is 25.0 Å². The van der Waals surface area contributed by atoms with Gasteiger partial charge < -0.3 is 9.67 Å². The predicted octanol–water partition coefficient (Wildman–Crippen LogP) is -0.173. The highest BCUT2D eigenvalue weighted by atomic mass is 16.3. The van der Waals surface area contributed by atoms with E-state index < -0.39 is 22.3 Å². The van der Waals surface area contributed by atoms with Crippen molar-refractivity contribution in [3.63, 3.8) is 0 Å². The summed E-state index contributed by atoms with van der Waals surface area (Å²) in [6, 6.07) is 0. The van der Waals surface area contributed by atoms with Crippen molar-refractivity contribution in [3.05, 3.63) is 44.2 Å². The number of hydrogen-bond acceptors (Lipinski definition) is 4. The van der Waals surface area contributed by atoms with Crippen molar-refractivity contribution in [2.24, 2.45) is 25.4 Å². The lowest BCUT2D eigenvalue weighted by Gasteiger charge is -2.38. The second kappa shape index (κ2) is 3.82. The lowest BCUT2D eigenvalue weighted by atomic mass is 9.70. The summed E-state index contributed by atoms with van der Waals surface area (Å²) >= 11 is 0. The average Bonchev–Trinajstić information content (AvgIpc) is 3.13. The lowest BCUT2D eigenvalue weighted by molar-refractivity contribution is -0.120. The summed E-state index contributed by atoms with van der Waals surface area (Å²) < 4.78 is 2.26. The lowest BCUT2D eigenvalue weighted by Crippen LogP contribution is -2.49. The van der Waals surface area contributed by atoms with Crippen LogP contribution in [0.3, 0.4) is 0 Å². The zero-order chi connectivity index (χ0) is 15.7. The maximum Gasteiger partial charge on any atom is 0.330 e. The molecular formula is C15H18N2O4. The van der Waals surface area contributed by atoms with E-state index in [1.165, 1.54) is 30.9 Å². The van der Waals surface area contributed by atoms with E-state index >= 15 is 0 Å². The molecule has 0 amide bonds. The first-order valence-electron chi connectivity index (χ1n) is 6.86. The number of hydrogen-bond donors (Lipinski definition) is 1. The van der Waals surface area contributed by atoms with Gasteiger partial charge >= 0.3 is 5.69 Å². The molecule has 2 aliphatic carbocycles. The molecule has 0 saturated heterocycles. The van der Waals surface area contributed by atoms with Crippen LogP contribution >= 0.6 is 0 Å². The number of fused-ring (bicyclic) bond motifs is 1. The monoisotopic (exact) mass is 290 g/mol. The van der Waals surface area contributed by atoms with Crippen LogP contribution in [0.5, 0.6) is 0 Å². The Hall–Kier alpha value is -1.95. The zero-order valence-corrected chi connectivity index (χ0v) is 12.5. The average molecular weight is 290 g/mol. The van der Waals surface area contributed by atoms with Gasteiger partial charge in [0.1, 0.15) is 5.60 Å². The SMILES string of the molecule is CC1=CC(=O)C2CC2(C)C1(O)c1cn(C)c(=O)n(C)c1=O. The highest BCUT2D eigenvalue weighted by Crippen LogP contribution is 2.67. The molecule has 2 aliphatic rings. The quantitative estimate of drug-likeness (QED) is 0.778. The van der Waals surface area contributed by atoms with Gasteiger partial charge in [0, 0.05) is 31.6 Å². The van der Waals surface area contributed by atoms with Crippen LogP contribution in [0.1, 0.15) is 25.8 Å². The molecule has 0 radical (unpaired) electrons. The minimum absolute atomic E-state index is 0.00122. The molecule has 6 heteroatoms. The number of carbonyl (C=O) groups excluding carboxylic acids is 1. The molecule has 3 rings (SSSR count). The van der Waals surface area contributed by atoms with Gasteiger partial charge in [-0.2, -0.15) is 0 Å². The van der Waals surface area contributed by atoms with E-state index in [1.807, 2.05) is 6.92 Å². The van der Waals surface area contributed by atoms with Crippen molar-refractivity contribution < 1.29 is 9.90 Å². The van der Waals surface area contributed by atoms with Crippen LogP contribution in [0.2, 0.25) is 0 Å². The molecule has 3 unspecified atom stereocenters. The summed E-state index contributed by atoms with van der Waals surface area (Å²) in [5, 5.41) is 11.3. The Labute approximate surface area is 121 Å². The van der Waals surface area contributed by atoms with Gasteiger partial charge in [-0.3, -0.25) is 14.2 Å². The van der Waals surface area contributed by atoms with E-state index in [1.54, 1.807) is 6.92 Å². The third-order valence-electron chi connectivity index (χ3n) is 5.17. The molecule has 0 spiro atoms. The summed E-state index contributed by atoms with van der Waals surface area (Å²) in [7, 11) is 2.92. The van der Waals surface area contributed by atoms with Gasteiger partial charge in [-0.25, -0.2) is 4.79 Å². The Morgan fingerprint density at radius 3 is 2.52 bits per heavy atom. The van der Waals surface area contributed by atoms with E-state index in [0.717, 1.165) is 4.57 Å². The molecule has 21 heavy (non-hydrogen) atoms. The summed E-state index contributed by atoms with van der Waals surface area (Å²) in [5.74, 6) is -0.255. The van der Waals surface area contributed by atoms with Gasteiger partial charge in [0.25, 0.3) is 5.56 Å². The normalized spacial score (nSPS) is 34.4. The number of allylic oxidation sites excluding steroid dienone is 1. The van der Waals surface area contributed by atoms with Crippen molar-refractivity contribution in [2.45, 2.75) is 25.9 Å². The Kier molecular flexibility index (Phi) is 2.55. The molecule has 1 heterocycles. The topological polar surface area (TPSA) is 81.3 Å². The van der Waals surface area contributed by atoms with Crippen LogP contribution in [0.15, 0.2) is 27.4 Å². The maximum atomic E-state index is 12.5. The highest BCUT2D eigenvalue weighted by molar-refractivity contribution is 5.97. The van der Waals surface area contributed by atoms with Gasteiger partial charge in [0.15, 0.2) is 5.78 Å². The largest absolute Gasteiger partial charge is 0.380 e. The number of aromatic nitrogens is 2. The maximum absolute atomic E-state index is 12.5. The fraction of sp³-hybridized carbons (Fsp3) is 0.533. The van der Waals surface area contributed by atoms with Gasteiger partial charge in [-0.1, -0.05) is 6.92 Å². The number of rotatable bonds is 1. The molecule has 1 fully saturated rings. The van der Waals surface area contributed by atoms with E-state index in [9.17, 15) is 19.5 Å². The molecule has 0 aliphatic heterocycles. The standard InChI is InChI=1S/C15H18N2O4/c1-8-5-11(18)9-6-14(9,2)15(8,21)10-7-16(3)13(20)17(4)12(10)19/h5,7,9,21H,6H2,1-4H3. The molecule has 1 saturated carbocycles. The van der Waals surface area contributed by atoms with Crippen LogP contribution in [0, 0.1) is 11.3 Å². The van der Waals surface area contributed by atoms with Crippen LogP contribution in [0.4, 0.5) is 0 Å². The van der Waals surface area contributed by atoms with E-state index in [4.69, 9.17) is 0 Å². The van der Waals surface area contributed by atoms with Gasteiger partial charge in [0.05, 0.1) is 5.56 Å². The van der Waals surface area contributed by atoms with Crippen molar-refractivity contribution in [1.29, 1.82) is 0 Å². The Morgan fingerprint density at radius 1 is 1.29 bits per heavy atom. The van der Waals surface area contributed by atoms with Crippen molar-refractivity contribution in [2.75, 3.05) is 0 Å². The summed E-state index contributed by atoms with van der Waals surface area (Å²) in [6.45, 7) is 3.47. The fourth-order valence-corrected chi connectivity index (χ4v) is 3.62. The third-order valence-corrected chi connectivity index (χ3v) is 5.17. The third kappa shape index (κ3) is 1.48. The van der Waals surface area contributed by atoms with Crippen LogP contribution in [-0.2, 0) is 24.5 Å².